The normalized spacial score (nSPS) is 24.7. The van der Waals surface area contributed by atoms with E-state index in [0.717, 1.165) is 56.5 Å². The SMILES string of the molecule is CC(C)(C)NC(=O)N[C@H](C(=O)N1CC2(C[C@H]1C(=O)NC(CC1CC1)C(=O)C(N)=O)SCCS2)C1CCCCC1. The van der Waals surface area contributed by atoms with E-state index in [0.29, 0.717) is 19.4 Å². The van der Waals surface area contributed by atoms with Gasteiger partial charge in [0.2, 0.25) is 17.6 Å². The number of ketones is 1. The molecule has 4 aliphatic rings. The molecule has 2 aliphatic carbocycles. The minimum Gasteiger partial charge on any atom is -0.363 e. The first kappa shape index (κ1) is 30.0. The molecule has 39 heavy (non-hydrogen) atoms. The molecule has 2 saturated heterocycles. The van der Waals surface area contributed by atoms with Crippen LogP contribution in [0.25, 0.3) is 0 Å². The minimum atomic E-state index is -1.06. The Labute approximate surface area is 239 Å². The maximum absolute atomic E-state index is 14.3. The lowest BCUT2D eigenvalue weighted by Gasteiger charge is -2.35. The highest BCUT2D eigenvalue weighted by molar-refractivity contribution is 8.21. The Morgan fingerprint density at radius 1 is 0.974 bits per heavy atom. The van der Waals surface area contributed by atoms with Gasteiger partial charge in [-0.1, -0.05) is 32.1 Å². The Morgan fingerprint density at radius 2 is 1.62 bits per heavy atom. The van der Waals surface area contributed by atoms with Gasteiger partial charge in [0.1, 0.15) is 12.1 Å². The van der Waals surface area contributed by atoms with E-state index in [-0.39, 0.29) is 21.8 Å². The number of carbonyl (C=O) groups excluding carboxylic acids is 5. The van der Waals surface area contributed by atoms with Crippen molar-refractivity contribution >= 4 is 53.1 Å². The van der Waals surface area contributed by atoms with Gasteiger partial charge in [0.25, 0.3) is 5.91 Å². The maximum Gasteiger partial charge on any atom is 0.315 e. The number of nitrogens with one attached hydrogen (secondary N) is 3. The number of carbonyl (C=O) groups is 5. The van der Waals surface area contributed by atoms with Gasteiger partial charge >= 0.3 is 6.03 Å². The highest BCUT2D eigenvalue weighted by Crippen LogP contribution is 2.52. The smallest absolute Gasteiger partial charge is 0.315 e. The number of amides is 5. The summed E-state index contributed by atoms with van der Waals surface area (Å²) in [6.45, 7) is 6.04. The van der Waals surface area contributed by atoms with E-state index < -0.39 is 47.3 Å². The van der Waals surface area contributed by atoms with E-state index in [2.05, 4.69) is 16.0 Å². The van der Waals surface area contributed by atoms with Gasteiger partial charge in [0.15, 0.2) is 0 Å². The first-order chi connectivity index (χ1) is 18.4. The van der Waals surface area contributed by atoms with Crippen LogP contribution < -0.4 is 21.7 Å². The third-order valence-electron chi connectivity index (χ3n) is 8.00. The molecular formula is C27H43N5O5S2. The second-order valence-corrected chi connectivity index (χ2v) is 15.7. The maximum atomic E-state index is 14.3. The van der Waals surface area contributed by atoms with E-state index in [4.69, 9.17) is 5.73 Å². The molecule has 0 bridgehead atoms. The molecule has 218 valence electrons. The highest BCUT2D eigenvalue weighted by atomic mass is 32.2. The lowest BCUT2D eigenvalue weighted by molar-refractivity contribution is -0.143. The van der Waals surface area contributed by atoms with E-state index >= 15 is 0 Å². The monoisotopic (exact) mass is 581 g/mol. The van der Waals surface area contributed by atoms with E-state index in [1.807, 2.05) is 20.8 Å². The van der Waals surface area contributed by atoms with Crippen molar-refractivity contribution < 1.29 is 24.0 Å². The quantitative estimate of drug-likeness (QED) is 0.305. The standard InChI is InChI=1S/C27H43N5O5S2/c1-26(2,3)31-25(37)30-20(17-7-5-4-6-8-17)24(36)32-15-27(38-11-12-39-27)14-19(32)23(35)29-18(13-16-9-10-16)21(33)22(28)34/h16-20H,4-15H2,1-3H3,(H2,28,34)(H,29,35)(H2,30,31,37)/t18?,19-,20-/m0/s1. The van der Waals surface area contributed by atoms with Crippen molar-refractivity contribution in [2.24, 2.45) is 17.6 Å². The van der Waals surface area contributed by atoms with Crippen molar-refractivity contribution in [2.75, 3.05) is 18.1 Å². The molecule has 2 aliphatic heterocycles. The number of rotatable bonds is 9. The van der Waals surface area contributed by atoms with Gasteiger partial charge in [-0.05, 0) is 51.9 Å². The fourth-order valence-electron chi connectivity index (χ4n) is 5.91. The predicted molar refractivity (Wildman–Crippen MR) is 153 cm³/mol. The first-order valence-electron chi connectivity index (χ1n) is 14.2. The lowest BCUT2D eigenvalue weighted by Crippen LogP contribution is -2.60. The topological polar surface area (TPSA) is 151 Å². The van der Waals surface area contributed by atoms with Crippen LogP contribution in [0.3, 0.4) is 0 Å². The second kappa shape index (κ2) is 12.3. The van der Waals surface area contributed by atoms with Gasteiger partial charge in [-0.3, -0.25) is 19.2 Å². The Hall–Kier alpha value is -1.95. The van der Waals surface area contributed by atoms with Crippen LogP contribution >= 0.6 is 23.5 Å². The molecule has 12 heteroatoms. The number of urea groups is 1. The van der Waals surface area contributed by atoms with Gasteiger partial charge in [-0.15, -0.1) is 23.5 Å². The Morgan fingerprint density at radius 3 is 2.18 bits per heavy atom. The third kappa shape index (κ3) is 7.83. The molecular weight excluding hydrogens is 538 g/mol. The zero-order chi connectivity index (χ0) is 28.4. The van der Waals surface area contributed by atoms with Gasteiger partial charge < -0.3 is 26.6 Å². The molecule has 1 unspecified atom stereocenters. The van der Waals surface area contributed by atoms with Crippen molar-refractivity contribution in [3.8, 4) is 0 Å². The third-order valence-corrected chi connectivity index (χ3v) is 11.4. The molecule has 0 aromatic heterocycles. The average Bonchev–Trinajstić information content (AvgIpc) is 3.44. The molecule has 4 fully saturated rings. The summed E-state index contributed by atoms with van der Waals surface area (Å²) in [5.74, 6) is -0.413. The predicted octanol–water partition coefficient (Wildman–Crippen LogP) is 2.15. The van der Waals surface area contributed by atoms with Crippen LogP contribution in [0.1, 0.15) is 78.6 Å². The van der Waals surface area contributed by atoms with Crippen LogP contribution in [0.2, 0.25) is 0 Å². The Bertz CT molecular complexity index is 970. The van der Waals surface area contributed by atoms with E-state index in [1.54, 1.807) is 28.4 Å². The minimum absolute atomic E-state index is 0.0137. The zero-order valence-corrected chi connectivity index (χ0v) is 24.9. The molecule has 5 N–H and O–H groups in total. The van der Waals surface area contributed by atoms with Gasteiger partial charge in [-0.25, -0.2) is 4.79 Å². The van der Waals surface area contributed by atoms with Crippen LogP contribution in [-0.4, -0.2) is 80.2 Å². The zero-order valence-electron chi connectivity index (χ0n) is 23.3. The summed E-state index contributed by atoms with van der Waals surface area (Å²) in [4.78, 5) is 66.8. The summed E-state index contributed by atoms with van der Waals surface area (Å²) >= 11 is 3.53. The first-order valence-corrected chi connectivity index (χ1v) is 16.2. The van der Waals surface area contributed by atoms with Crippen molar-refractivity contribution in [2.45, 2.75) is 106 Å². The molecule has 2 heterocycles. The van der Waals surface area contributed by atoms with Gasteiger partial charge in [0.05, 0.1) is 10.1 Å². The largest absolute Gasteiger partial charge is 0.363 e. The van der Waals surface area contributed by atoms with Crippen molar-refractivity contribution in [1.82, 2.24) is 20.9 Å². The van der Waals surface area contributed by atoms with Gasteiger partial charge in [-0.2, -0.15) is 0 Å². The highest BCUT2D eigenvalue weighted by Gasteiger charge is 2.53. The van der Waals surface area contributed by atoms with Crippen LogP contribution in [-0.2, 0) is 19.2 Å². The molecule has 0 aromatic carbocycles. The number of thioether (sulfide) groups is 2. The molecule has 0 radical (unpaired) electrons. The Kier molecular flexibility index (Phi) is 9.45. The molecule has 10 nitrogen and oxygen atoms in total. The van der Waals surface area contributed by atoms with Crippen molar-refractivity contribution in [3.63, 3.8) is 0 Å². The lowest BCUT2D eigenvalue weighted by atomic mass is 9.83. The summed E-state index contributed by atoms with van der Waals surface area (Å²) in [6, 6.07) is -2.92. The summed E-state index contributed by atoms with van der Waals surface area (Å²) in [6.07, 6.45) is 7.50. The van der Waals surface area contributed by atoms with Crippen molar-refractivity contribution in [1.29, 1.82) is 0 Å². The van der Waals surface area contributed by atoms with Gasteiger partial charge in [0, 0.05) is 30.0 Å². The molecule has 0 aromatic rings. The van der Waals surface area contributed by atoms with E-state index in [1.165, 1.54) is 0 Å². The summed E-state index contributed by atoms with van der Waals surface area (Å²) in [5, 5.41) is 8.66. The summed E-state index contributed by atoms with van der Waals surface area (Å²) < 4.78 is -0.303. The second-order valence-electron chi connectivity index (χ2n) is 12.5. The number of hydrogen-bond donors (Lipinski definition) is 4. The van der Waals surface area contributed by atoms with Crippen LogP contribution in [0, 0.1) is 11.8 Å². The van der Waals surface area contributed by atoms with Crippen LogP contribution in [0.15, 0.2) is 0 Å². The molecule has 5 amide bonds. The average molecular weight is 582 g/mol. The number of likely N-dealkylation sites (tertiary alicyclic amines) is 1. The van der Waals surface area contributed by atoms with Crippen LogP contribution in [0.4, 0.5) is 4.79 Å². The summed E-state index contributed by atoms with van der Waals surface area (Å²) in [5.41, 5.74) is 4.82. The van der Waals surface area contributed by atoms with E-state index in [9.17, 15) is 24.0 Å². The molecule has 2 saturated carbocycles. The Balaban J connectivity index is 1.57. The number of nitrogens with two attached hydrogens (primary N) is 1. The number of primary amides is 1. The summed E-state index contributed by atoms with van der Waals surface area (Å²) in [7, 11) is 0. The number of hydrogen-bond acceptors (Lipinski definition) is 7. The molecule has 3 atom stereocenters. The molecule has 4 rings (SSSR count). The number of nitrogens with zero attached hydrogens (tertiary/aromatic N) is 1. The van der Waals surface area contributed by atoms with Crippen molar-refractivity contribution in [3.05, 3.63) is 0 Å². The number of Topliss-reactive ketones (excluding diaryl/α,β-unsaturated/α-hetero) is 1. The fourth-order valence-corrected chi connectivity index (χ4v) is 9.17. The van der Waals surface area contributed by atoms with Crippen LogP contribution in [0.5, 0.6) is 0 Å². The fraction of sp³-hybridized carbons (Fsp3) is 0.815. The molecule has 1 spiro atoms.